The van der Waals surface area contributed by atoms with Crippen molar-refractivity contribution in [2.75, 3.05) is 34.4 Å². The van der Waals surface area contributed by atoms with Gasteiger partial charge in [-0.3, -0.25) is 4.90 Å². The first-order valence-corrected chi connectivity index (χ1v) is 11.1. The summed E-state index contributed by atoms with van der Waals surface area (Å²) in [6.07, 6.45) is -0.774. The van der Waals surface area contributed by atoms with Crippen molar-refractivity contribution in [3.05, 3.63) is 40.8 Å². The third kappa shape index (κ3) is 4.07. The second kappa shape index (κ2) is 8.93. The second-order valence-corrected chi connectivity index (χ2v) is 8.69. The Morgan fingerprint density at radius 2 is 2.03 bits per heavy atom. The molecular weight excluding hydrogens is 437 g/mol. The van der Waals surface area contributed by atoms with Crippen LogP contribution in [0.1, 0.15) is 42.6 Å². The molecule has 6 nitrogen and oxygen atoms in total. The van der Waals surface area contributed by atoms with Crippen molar-refractivity contribution in [3.8, 4) is 5.75 Å². The van der Waals surface area contributed by atoms with E-state index in [2.05, 4.69) is 16.8 Å². The summed E-state index contributed by atoms with van der Waals surface area (Å²) in [5.74, 6) is -0.0512. The zero-order valence-electron chi connectivity index (χ0n) is 19.2. The number of carbonyl (C=O) groups excluding carboxylic acids is 1. The Balaban J connectivity index is 1.80. The van der Waals surface area contributed by atoms with E-state index >= 15 is 0 Å². The molecule has 0 amide bonds. The molecule has 0 radical (unpaired) electrons. The van der Waals surface area contributed by atoms with Crippen molar-refractivity contribution in [1.82, 2.24) is 9.88 Å². The first kappa shape index (κ1) is 23.5. The van der Waals surface area contributed by atoms with Crippen LogP contribution in [0, 0.1) is 11.8 Å². The highest BCUT2D eigenvalue weighted by atomic mass is 19.4. The van der Waals surface area contributed by atoms with Crippen LogP contribution in [0.4, 0.5) is 13.2 Å². The first-order valence-electron chi connectivity index (χ1n) is 11.1. The number of benzene rings is 1. The molecule has 1 aromatic carbocycles. The SMILES string of the molecule is CC[C@@H]1CN2CCc3c([nH]c4cc(C(F)(F)F)cc(OC)c34)[C@@H]2C[C@@H]1/C(=C\OC)C(=O)OC. The number of methoxy groups -OCH3 is 3. The molecule has 9 heteroatoms. The van der Waals surface area contributed by atoms with E-state index in [0.717, 1.165) is 42.9 Å². The lowest BCUT2D eigenvalue weighted by Crippen LogP contribution is -2.47. The fourth-order valence-electron chi connectivity index (χ4n) is 5.52. The number of carbonyl (C=O) groups is 1. The number of rotatable bonds is 5. The minimum absolute atomic E-state index is 0.0575. The molecule has 180 valence electrons. The van der Waals surface area contributed by atoms with Gasteiger partial charge in [0.1, 0.15) is 5.75 Å². The van der Waals surface area contributed by atoms with Crippen LogP contribution in [0.25, 0.3) is 10.9 Å². The van der Waals surface area contributed by atoms with E-state index in [1.165, 1.54) is 27.6 Å². The lowest BCUT2D eigenvalue weighted by molar-refractivity contribution is -0.138. The summed E-state index contributed by atoms with van der Waals surface area (Å²) in [5, 5.41) is 0.704. The standard InChI is InChI=1S/C24H29F3N2O4/c1-5-13-11-29-7-6-15-21-18(8-14(24(25,26)27)9-20(21)32-3)28-22(15)19(29)10-16(13)17(12-31-2)23(30)33-4/h8-9,12-13,16,19,28H,5-7,10-11H2,1-4H3/b17-12+/t13-,16+,19+/m1/s1. The molecule has 0 spiro atoms. The zero-order valence-corrected chi connectivity index (χ0v) is 19.2. The molecule has 4 rings (SSSR count). The van der Waals surface area contributed by atoms with Crippen molar-refractivity contribution in [2.24, 2.45) is 11.8 Å². The number of aromatic nitrogens is 1. The average molecular weight is 467 g/mol. The number of nitrogens with one attached hydrogen (secondary N) is 1. The van der Waals surface area contributed by atoms with Crippen molar-refractivity contribution >= 4 is 16.9 Å². The molecule has 2 aromatic rings. The number of alkyl halides is 3. The maximum absolute atomic E-state index is 13.4. The molecule has 0 saturated carbocycles. The molecule has 1 saturated heterocycles. The predicted molar refractivity (Wildman–Crippen MR) is 117 cm³/mol. The average Bonchev–Trinajstić information content (AvgIpc) is 3.19. The van der Waals surface area contributed by atoms with Gasteiger partial charge in [-0.2, -0.15) is 13.2 Å². The van der Waals surface area contributed by atoms with E-state index < -0.39 is 17.7 Å². The van der Waals surface area contributed by atoms with Gasteiger partial charge in [0, 0.05) is 24.2 Å². The molecule has 1 fully saturated rings. The Hall–Kier alpha value is -2.68. The van der Waals surface area contributed by atoms with Crippen LogP contribution in [0.15, 0.2) is 24.0 Å². The minimum Gasteiger partial charge on any atom is -0.504 e. The number of ether oxygens (including phenoxy) is 3. The number of piperidine rings is 1. The monoisotopic (exact) mass is 466 g/mol. The maximum atomic E-state index is 13.4. The number of H-pyrrole nitrogens is 1. The number of aromatic amines is 1. The highest BCUT2D eigenvalue weighted by Gasteiger charge is 2.43. The van der Waals surface area contributed by atoms with E-state index in [0.29, 0.717) is 29.3 Å². The highest BCUT2D eigenvalue weighted by molar-refractivity contribution is 5.92. The Bertz CT molecular complexity index is 1080. The summed E-state index contributed by atoms with van der Waals surface area (Å²) >= 11 is 0. The molecule has 2 aliphatic heterocycles. The van der Waals surface area contributed by atoms with Gasteiger partial charge in [-0.15, -0.1) is 0 Å². The van der Waals surface area contributed by atoms with E-state index in [9.17, 15) is 18.0 Å². The molecule has 3 atom stereocenters. The first-order chi connectivity index (χ1) is 15.7. The topological polar surface area (TPSA) is 63.8 Å². The number of esters is 1. The van der Waals surface area contributed by atoms with Gasteiger partial charge in [0.15, 0.2) is 0 Å². The fourth-order valence-corrected chi connectivity index (χ4v) is 5.52. The maximum Gasteiger partial charge on any atom is 0.416 e. The number of hydrogen-bond donors (Lipinski definition) is 1. The number of halogens is 3. The van der Waals surface area contributed by atoms with E-state index in [-0.39, 0.29) is 23.6 Å². The largest absolute Gasteiger partial charge is 0.504 e. The summed E-state index contributed by atoms with van der Waals surface area (Å²) in [5.41, 5.74) is 2.05. The van der Waals surface area contributed by atoms with Crippen LogP contribution >= 0.6 is 0 Å². The Morgan fingerprint density at radius 3 is 2.64 bits per heavy atom. The van der Waals surface area contributed by atoms with Gasteiger partial charge >= 0.3 is 12.1 Å². The minimum atomic E-state index is -4.47. The van der Waals surface area contributed by atoms with E-state index in [1.54, 1.807) is 0 Å². The molecule has 1 N–H and O–H groups in total. The van der Waals surface area contributed by atoms with Crippen molar-refractivity contribution in [1.29, 1.82) is 0 Å². The van der Waals surface area contributed by atoms with Gasteiger partial charge in [0.2, 0.25) is 0 Å². The highest BCUT2D eigenvalue weighted by Crippen LogP contribution is 2.48. The molecule has 0 aliphatic carbocycles. The molecule has 3 heterocycles. The van der Waals surface area contributed by atoms with Gasteiger partial charge in [-0.25, -0.2) is 4.79 Å². The van der Waals surface area contributed by atoms with E-state index in [4.69, 9.17) is 14.2 Å². The Labute approximate surface area is 190 Å². The lowest BCUT2D eigenvalue weighted by atomic mass is 9.74. The normalized spacial score (nSPS) is 23.7. The number of hydrogen-bond acceptors (Lipinski definition) is 5. The van der Waals surface area contributed by atoms with Crippen molar-refractivity contribution < 1.29 is 32.2 Å². The summed E-state index contributed by atoms with van der Waals surface area (Å²) in [6.45, 7) is 3.67. The molecular formula is C24H29F3N2O4. The number of nitrogens with zero attached hydrogens (tertiary/aromatic N) is 1. The summed E-state index contributed by atoms with van der Waals surface area (Å²) in [7, 11) is 4.24. The Kier molecular flexibility index (Phi) is 6.35. The molecule has 1 aromatic heterocycles. The van der Waals surface area contributed by atoms with Crippen LogP contribution in [0.3, 0.4) is 0 Å². The van der Waals surface area contributed by atoms with Crippen LogP contribution in [-0.2, 0) is 26.9 Å². The van der Waals surface area contributed by atoms with Crippen molar-refractivity contribution in [2.45, 2.75) is 38.4 Å². The Morgan fingerprint density at radius 1 is 1.27 bits per heavy atom. The van der Waals surface area contributed by atoms with Gasteiger partial charge < -0.3 is 19.2 Å². The van der Waals surface area contributed by atoms with Crippen LogP contribution in [0.5, 0.6) is 5.75 Å². The zero-order chi connectivity index (χ0) is 23.9. The van der Waals surface area contributed by atoms with E-state index in [1.807, 2.05) is 0 Å². The molecule has 0 bridgehead atoms. The fraction of sp³-hybridized carbons (Fsp3) is 0.542. The van der Waals surface area contributed by atoms with Gasteiger partial charge in [-0.05, 0) is 42.4 Å². The van der Waals surface area contributed by atoms with Gasteiger partial charge in [0.05, 0.1) is 50.3 Å². The quantitative estimate of drug-likeness (QED) is 0.388. The van der Waals surface area contributed by atoms with Gasteiger partial charge in [0.25, 0.3) is 0 Å². The summed E-state index contributed by atoms with van der Waals surface area (Å²) in [4.78, 5) is 18.2. The lowest BCUT2D eigenvalue weighted by Gasteiger charge is -2.46. The molecule has 0 unspecified atom stereocenters. The molecule has 33 heavy (non-hydrogen) atoms. The van der Waals surface area contributed by atoms with Gasteiger partial charge in [-0.1, -0.05) is 13.3 Å². The third-order valence-electron chi connectivity index (χ3n) is 7.07. The molecule has 2 aliphatic rings. The summed E-state index contributed by atoms with van der Waals surface area (Å²) < 4.78 is 55.9. The van der Waals surface area contributed by atoms with Crippen LogP contribution < -0.4 is 4.74 Å². The third-order valence-corrected chi connectivity index (χ3v) is 7.07. The van der Waals surface area contributed by atoms with Crippen LogP contribution in [0.2, 0.25) is 0 Å². The predicted octanol–water partition coefficient (Wildman–Crippen LogP) is 4.84. The smallest absolute Gasteiger partial charge is 0.416 e. The second-order valence-electron chi connectivity index (χ2n) is 8.69. The van der Waals surface area contributed by atoms with Crippen LogP contribution in [-0.4, -0.2) is 50.3 Å². The van der Waals surface area contributed by atoms with Crippen molar-refractivity contribution in [3.63, 3.8) is 0 Å². The summed E-state index contributed by atoms with van der Waals surface area (Å²) in [6, 6.07) is 2.16. The number of fused-ring (bicyclic) bond motifs is 5.